The van der Waals surface area contributed by atoms with Crippen LogP contribution in [-0.2, 0) is 14.3 Å². The second-order valence-corrected chi connectivity index (χ2v) is 11.7. The lowest BCUT2D eigenvalue weighted by Crippen LogP contribution is -2.35. The summed E-state index contributed by atoms with van der Waals surface area (Å²) in [6.45, 7) is 4.54. The fraction of sp³-hybridized carbons (Fsp3) is 0.324. The number of aromatic nitrogens is 1. The van der Waals surface area contributed by atoms with E-state index >= 15 is 0 Å². The average Bonchev–Trinajstić information content (AvgIpc) is 3.54. The van der Waals surface area contributed by atoms with E-state index < -0.39 is 16.8 Å². The Kier molecular flexibility index (Phi) is 7.66. The number of nitro benzene ring substituents is 1. The first-order chi connectivity index (χ1) is 20.7. The van der Waals surface area contributed by atoms with Crippen molar-refractivity contribution in [3.63, 3.8) is 0 Å². The highest BCUT2D eigenvalue weighted by atomic mass is 16.6. The van der Waals surface area contributed by atoms with E-state index in [9.17, 15) is 24.8 Å². The molecule has 1 N–H and O–H groups in total. The van der Waals surface area contributed by atoms with Crippen LogP contribution in [-0.4, -0.2) is 39.5 Å². The summed E-state index contributed by atoms with van der Waals surface area (Å²) >= 11 is 0. The Hall–Kier alpha value is -4.63. The number of nitro groups is 1. The highest BCUT2D eigenvalue weighted by Gasteiger charge is 2.57. The Morgan fingerprint density at radius 3 is 2.60 bits per heavy atom. The summed E-state index contributed by atoms with van der Waals surface area (Å²) in [5, 5.41) is 21.8. The van der Waals surface area contributed by atoms with Gasteiger partial charge in [-0.15, -0.1) is 0 Å². The number of phenols is 1. The summed E-state index contributed by atoms with van der Waals surface area (Å²) < 4.78 is 6.40. The van der Waals surface area contributed by atoms with Crippen LogP contribution in [0.4, 0.5) is 11.4 Å². The van der Waals surface area contributed by atoms with Crippen LogP contribution in [0.15, 0.2) is 84.1 Å². The van der Waals surface area contributed by atoms with Crippen LogP contribution in [0.2, 0.25) is 0 Å². The number of carbonyl (C=O) groups is 2. The highest BCUT2D eigenvalue weighted by Crippen LogP contribution is 2.52. The number of hydrogen-bond donors (Lipinski definition) is 1. The Labute approximate surface area is 249 Å². The number of pyridine rings is 1. The molecule has 1 aliphatic carbocycles. The zero-order chi connectivity index (χ0) is 30.2. The van der Waals surface area contributed by atoms with Crippen LogP contribution < -0.4 is 4.90 Å². The van der Waals surface area contributed by atoms with Crippen molar-refractivity contribution in [1.82, 2.24) is 4.98 Å². The first kappa shape index (κ1) is 28.5. The number of amides is 2. The van der Waals surface area contributed by atoms with Gasteiger partial charge in [0.15, 0.2) is 0 Å². The molecular formula is C34H33N3O6. The summed E-state index contributed by atoms with van der Waals surface area (Å²) in [6.07, 6.45) is 5.20. The van der Waals surface area contributed by atoms with Crippen molar-refractivity contribution < 1.29 is 24.4 Å². The minimum atomic E-state index is -0.568. The zero-order valence-electron chi connectivity index (χ0n) is 24.1. The number of phenolic OH excluding ortho intramolecular Hbond substituents is 1. The molecule has 2 aliphatic heterocycles. The van der Waals surface area contributed by atoms with E-state index in [4.69, 9.17) is 4.74 Å². The molecule has 4 atom stereocenters. The monoisotopic (exact) mass is 579 g/mol. The number of imide groups is 1. The van der Waals surface area contributed by atoms with E-state index in [1.807, 2.05) is 36.4 Å². The number of anilines is 1. The van der Waals surface area contributed by atoms with Gasteiger partial charge in [0.2, 0.25) is 11.8 Å². The third-order valence-corrected chi connectivity index (χ3v) is 8.88. The molecule has 3 heterocycles. The predicted molar refractivity (Wildman–Crippen MR) is 162 cm³/mol. The number of non-ortho nitro benzene ring substituents is 1. The van der Waals surface area contributed by atoms with Crippen LogP contribution >= 0.6 is 0 Å². The minimum absolute atomic E-state index is 0.157. The van der Waals surface area contributed by atoms with Gasteiger partial charge < -0.3 is 9.84 Å². The molecule has 3 aliphatic rings. The number of ether oxygens (including phenoxy) is 1. The van der Waals surface area contributed by atoms with Crippen molar-refractivity contribution >= 4 is 34.8 Å². The Morgan fingerprint density at radius 1 is 1.09 bits per heavy atom. The van der Waals surface area contributed by atoms with Crippen molar-refractivity contribution in [1.29, 1.82) is 0 Å². The molecule has 2 saturated heterocycles. The van der Waals surface area contributed by atoms with E-state index in [1.54, 1.807) is 24.4 Å². The molecule has 0 bridgehead atoms. The maximum Gasteiger partial charge on any atom is 0.271 e. The van der Waals surface area contributed by atoms with Gasteiger partial charge in [0.1, 0.15) is 5.75 Å². The van der Waals surface area contributed by atoms with Gasteiger partial charge >= 0.3 is 0 Å². The molecule has 0 spiro atoms. The molecule has 43 heavy (non-hydrogen) atoms. The molecule has 9 heteroatoms. The second-order valence-electron chi connectivity index (χ2n) is 11.7. The number of benzene rings is 2. The number of nitrogens with zero attached hydrogens (tertiary/aromatic N) is 3. The van der Waals surface area contributed by atoms with E-state index in [0.717, 1.165) is 27.3 Å². The number of para-hydroxylation sites is 1. The molecule has 2 fully saturated rings. The van der Waals surface area contributed by atoms with E-state index in [-0.39, 0.29) is 46.9 Å². The third-order valence-electron chi connectivity index (χ3n) is 8.88. The standard InChI is InChI=1S/C34H33N3O6/c1-20(2)25-18-26-32(34(40)36(33(26)39)23-9-7-10-24(17-23)37(41)42)27-19-43-30(31(25)27)14-13-21(28-11-5-6-15-35-28)16-22-8-3-4-12-29(22)38/h3-12,15-17,20,26-27,30,32,38H,13-14,18-19H2,1-2H3/b21-16-/t26-,27+,30-,32-/m1/s1. The summed E-state index contributed by atoms with van der Waals surface area (Å²) in [7, 11) is 0. The summed E-state index contributed by atoms with van der Waals surface area (Å²) in [4.78, 5) is 44.1. The first-order valence-corrected chi connectivity index (χ1v) is 14.6. The number of allylic oxidation sites excluding steroid dienone is 2. The zero-order valence-corrected chi connectivity index (χ0v) is 24.1. The molecule has 220 valence electrons. The molecular weight excluding hydrogens is 546 g/mol. The summed E-state index contributed by atoms with van der Waals surface area (Å²) in [5.41, 5.74) is 4.80. The first-order valence-electron chi connectivity index (χ1n) is 14.6. The van der Waals surface area contributed by atoms with Crippen molar-refractivity contribution in [2.24, 2.45) is 23.7 Å². The van der Waals surface area contributed by atoms with Gasteiger partial charge in [0, 0.05) is 29.8 Å². The maximum atomic E-state index is 13.9. The van der Waals surface area contributed by atoms with Crippen molar-refractivity contribution in [3.8, 4) is 5.75 Å². The number of rotatable bonds is 8. The van der Waals surface area contributed by atoms with E-state index in [0.29, 0.717) is 31.4 Å². The van der Waals surface area contributed by atoms with Gasteiger partial charge in [-0.25, -0.2) is 4.90 Å². The van der Waals surface area contributed by atoms with Crippen LogP contribution in [0.3, 0.4) is 0 Å². The van der Waals surface area contributed by atoms with Gasteiger partial charge in [-0.05, 0) is 66.7 Å². The Morgan fingerprint density at radius 2 is 1.88 bits per heavy atom. The average molecular weight is 580 g/mol. The Balaban J connectivity index is 1.30. The summed E-state index contributed by atoms with van der Waals surface area (Å²) in [5.74, 6) is -1.61. The smallest absolute Gasteiger partial charge is 0.271 e. The maximum absolute atomic E-state index is 13.9. The van der Waals surface area contributed by atoms with E-state index in [2.05, 4.69) is 18.8 Å². The molecule has 6 rings (SSSR count). The molecule has 1 aromatic heterocycles. The minimum Gasteiger partial charge on any atom is -0.507 e. The largest absolute Gasteiger partial charge is 0.507 e. The topological polar surface area (TPSA) is 123 Å². The molecule has 2 amide bonds. The van der Waals surface area contributed by atoms with Crippen LogP contribution in [0.25, 0.3) is 11.6 Å². The molecule has 3 aromatic rings. The SMILES string of the molecule is CC(C)C1=C2[C@@H](CC/C(=C/c3ccccc3O)c3ccccn3)OC[C@@H]2[C@@H]2C(=O)N(c3cccc([N+](=O)[O-])c3)C(=O)[C@@H]2C1. The highest BCUT2D eigenvalue weighted by molar-refractivity contribution is 6.22. The molecule has 9 nitrogen and oxygen atoms in total. The van der Waals surface area contributed by atoms with Crippen LogP contribution in [0.1, 0.15) is 44.4 Å². The lowest BCUT2D eigenvalue weighted by atomic mass is 9.67. The van der Waals surface area contributed by atoms with Gasteiger partial charge in [-0.1, -0.05) is 49.8 Å². The van der Waals surface area contributed by atoms with E-state index in [1.165, 1.54) is 18.2 Å². The molecule has 0 saturated carbocycles. The number of fused-ring (bicyclic) bond motifs is 3. The fourth-order valence-electron chi connectivity index (χ4n) is 6.87. The van der Waals surface area contributed by atoms with Gasteiger partial charge in [-0.3, -0.25) is 24.7 Å². The molecule has 0 radical (unpaired) electrons. The summed E-state index contributed by atoms with van der Waals surface area (Å²) in [6, 6.07) is 18.6. The normalized spacial score (nSPS) is 23.6. The Bertz CT molecular complexity index is 1650. The second kappa shape index (κ2) is 11.6. The number of carbonyl (C=O) groups excluding carboxylic acids is 2. The van der Waals surface area contributed by atoms with Gasteiger partial charge in [-0.2, -0.15) is 0 Å². The lowest BCUT2D eigenvalue weighted by molar-refractivity contribution is -0.384. The van der Waals surface area contributed by atoms with Crippen molar-refractivity contribution in [2.75, 3.05) is 11.5 Å². The lowest BCUT2D eigenvalue weighted by Gasteiger charge is -2.33. The van der Waals surface area contributed by atoms with Crippen molar-refractivity contribution in [3.05, 3.63) is 105 Å². The quantitative estimate of drug-likeness (QED) is 0.146. The predicted octanol–water partition coefficient (Wildman–Crippen LogP) is 6.19. The molecule has 2 aromatic carbocycles. The fourth-order valence-corrected chi connectivity index (χ4v) is 6.87. The van der Waals surface area contributed by atoms with Crippen LogP contribution in [0.5, 0.6) is 5.75 Å². The van der Waals surface area contributed by atoms with Crippen molar-refractivity contribution in [2.45, 2.75) is 39.2 Å². The van der Waals surface area contributed by atoms with Crippen LogP contribution in [0, 0.1) is 33.8 Å². The van der Waals surface area contributed by atoms with Gasteiger partial charge in [0.05, 0.1) is 40.9 Å². The molecule has 0 unspecified atom stereocenters. The van der Waals surface area contributed by atoms with Gasteiger partial charge in [0.25, 0.3) is 5.69 Å². The number of aromatic hydroxyl groups is 1. The third kappa shape index (κ3) is 5.25. The number of hydrogen-bond acceptors (Lipinski definition) is 7.